The predicted octanol–water partition coefficient (Wildman–Crippen LogP) is 5.49. The Morgan fingerprint density at radius 1 is 1.06 bits per heavy atom. The largest absolute Gasteiger partial charge is 0.460 e. The highest BCUT2D eigenvalue weighted by Gasteiger charge is 2.48. The first-order valence-electron chi connectivity index (χ1n) is 12.6. The fourth-order valence-corrected chi connectivity index (χ4v) is 5.53. The van der Waals surface area contributed by atoms with E-state index in [1.54, 1.807) is 4.90 Å². The number of aromatic nitrogens is 1. The number of amides is 2. The topological polar surface area (TPSA) is 67.5 Å². The third-order valence-electron chi connectivity index (χ3n) is 7.63. The van der Waals surface area contributed by atoms with Crippen LogP contribution >= 0.6 is 0 Å². The fraction of sp³-hybridized carbons (Fsp3) is 0.500. The first-order valence-corrected chi connectivity index (χ1v) is 12.6. The van der Waals surface area contributed by atoms with Crippen LogP contribution in [0.25, 0.3) is 11.1 Å². The highest BCUT2D eigenvalue weighted by molar-refractivity contribution is 6.03. The molecule has 1 aliphatic carbocycles. The Balaban J connectivity index is 1.50. The molecule has 1 atom stereocenters. The van der Waals surface area contributed by atoms with E-state index < -0.39 is 5.54 Å². The van der Waals surface area contributed by atoms with E-state index in [9.17, 15) is 9.59 Å². The summed E-state index contributed by atoms with van der Waals surface area (Å²) in [6.45, 7) is 6.66. The van der Waals surface area contributed by atoms with E-state index in [0.717, 1.165) is 42.5 Å². The summed E-state index contributed by atoms with van der Waals surface area (Å²) in [5.41, 5.74) is 3.33. The number of carbonyl (C=O) groups is 2. The van der Waals surface area contributed by atoms with Crippen molar-refractivity contribution in [3.63, 3.8) is 0 Å². The zero-order chi connectivity index (χ0) is 23.9. The number of hydrogen-bond acceptors (Lipinski definition) is 3. The van der Waals surface area contributed by atoms with Crippen molar-refractivity contribution in [3.8, 4) is 0 Å². The van der Waals surface area contributed by atoms with Gasteiger partial charge in [0.15, 0.2) is 5.58 Å². The number of nitrogens with one attached hydrogen (secondary N) is 1. The van der Waals surface area contributed by atoms with Crippen LogP contribution in [0.3, 0.4) is 0 Å². The van der Waals surface area contributed by atoms with E-state index in [1.165, 1.54) is 24.8 Å². The van der Waals surface area contributed by atoms with Crippen molar-refractivity contribution >= 4 is 22.9 Å². The molecule has 3 aromatic rings. The second-order valence-corrected chi connectivity index (χ2v) is 10.4. The molecule has 1 aliphatic heterocycles. The van der Waals surface area contributed by atoms with Gasteiger partial charge in [0, 0.05) is 24.7 Å². The molecule has 2 aromatic heterocycles. The van der Waals surface area contributed by atoms with Crippen molar-refractivity contribution in [2.24, 2.45) is 0 Å². The van der Waals surface area contributed by atoms with Crippen molar-refractivity contribution in [1.29, 1.82) is 0 Å². The Hall–Kier alpha value is -3.02. The second kappa shape index (κ2) is 8.97. The van der Waals surface area contributed by atoms with Crippen molar-refractivity contribution in [2.75, 3.05) is 0 Å². The van der Waals surface area contributed by atoms with Crippen LogP contribution in [0, 0.1) is 13.8 Å². The van der Waals surface area contributed by atoms with Crippen LogP contribution in [0.2, 0.25) is 0 Å². The fourth-order valence-electron chi connectivity index (χ4n) is 5.53. The van der Waals surface area contributed by atoms with Gasteiger partial charge in [0.1, 0.15) is 17.0 Å². The quantitative estimate of drug-likeness (QED) is 0.558. The molecular weight excluding hydrogens is 426 g/mol. The second-order valence-electron chi connectivity index (χ2n) is 10.4. The van der Waals surface area contributed by atoms with Crippen LogP contribution in [-0.2, 0) is 17.9 Å². The van der Waals surface area contributed by atoms with Crippen molar-refractivity contribution in [1.82, 2.24) is 14.8 Å². The maximum absolute atomic E-state index is 13.9. The van der Waals surface area contributed by atoms with E-state index in [4.69, 9.17) is 4.42 Å². The molecule has 1 fully saturated rings. The molecule has 0 spiro atoms. The zero-order valence-corrected chi connectivity index (χ0v) is 20.5. The summed E-state index contributed by atoms with van der Waals surface area (Å²) < 4.78 is 7.79. The van der Waals surface area contributed by atoms with Gasteiger partial charge in [-0.2, -0.15) is 0 Å². The minimum atomic E-state index is -1.01. The number of fused-ring (bicyclic) bond motifs is 3. The average molecular weight is 462 g/mol. The lowest BCUT2D eigenvalue weighted by atomic mass is 9.91. The zero-order valence-electron chi connectivity index (χ0n) is 20.5. The lowest BCUT2D eigenvalue weighted by Crippen LogP contribution is -2.64. The molecular formula is C28H35N3O3. The number of nitrogens with zero attached hydrogens (tertiary/aromatic N) is 2. The van der Waals surface area contributed by atoms with Gasteiger partial charge >= 0.3 is 0 Å². The van der Waals surface area contributed by atoms with Gasteiger partial charge < -0.3 is 19.2 Å². The van der Waals surface area contributed by atoms with Crippen LogP contribution in [-0.4, -0.2) is 32.9 Å². The molecule has 0 bridgehead atoms. The minimum Gasteiger partial charge on any atom is -0.460 e. The molecule has 2 amide bonds. The standard InChI is InChI=1S/C28H35N3O3/c1-19-11-13-21(14-12-19)17-31-26(32)24-16-25-23(15-20(2)34-25)30(24)18-28(31,3)27(33)29-22-9-7-5-4-6-8-10-22/h11-16,22H,4-10,17-18H2,1-3H3,(H,29,33)/t28-/m0/s1. The van der Waals surface area contributed by atoms with Gasteiger partial charge in [-0.15, -0.1) is 0 Å². The molecule has 5 rings (SSSR count). The average Bonchev–Trinajstić information content (AvgIpc) is 3.31. The predicted molar refractivity (Wildman–Crippen MR) is 133 cm³/mol. The Morgan fingerprint density at radius 2 is 1.74 bits per heavy atom. The first kappa shape index (κ1) is 22.8. The van der Waals surface area contributed by atoms with Crippen LogP contribution in [0.5, 0.6) is 0 Å². The molecule has 0 radical (unpaired) electrons. The SMILES string of the molecule is Cc1ccc(CN2C(=O)c3cc4oc(C)cc4n3C[C@@]2(C)C(=O)NC2CCCCCCC2)cc1. The number of furan rings is 1. The van der Waals surface area contributed by atoms with E-state index in [-0.39, 0.29) is 17.9 Å². The number of benzene rings is 1. The first-order chi connectivity index (χ1) is 16.3. The summed E-state index contributed by atoms with van der Waals surface area (Å²) in [5, 5.41) is 3.35. The van der Waals surface area contributed by atoms with Crippen LogP contribution in [0.15, 0.2) is 40.8 Å². The number of aryl methyl sites for hydroxylation is 2. The Bertz CT molecular complexity index is 1200. The summed E-state index contributed by atoms with van der Waals surface area (Å²) in [7, 11) is 0. The molecule has 1 aromatic carbocycles. The van der Waals surface area contributed by atoms with Crippen molar-refractivity contribution < 1.29 is 14.0 Å². The molecule has 1 N–H and O–H groups in total. The summed E-state index contributed by atoms with van der Waals surface area (Å²) in [6.07, 6.45) is 8.04. The Labute approximate surface area is 201 Å². The number of rotatable bonds is 4. The van der Waals surface area contributed by atoms with E-state index in [2.05, 4.69) is 5.32 Å². The minimum absolute atomic E-state index is 0.0637. The van der Waals surface area contributed by atoms with Crippen LogP contribution < -0.4 is 5.32 Å². The number of hydrogen-bond donors (Lipinski definition) is 1. The van der Waals surface area contributed by atoms with Gasteiger partial charge in [-0.3, -0.25) is 9.59 Å². The van der Waals surface area contributed by atoms with E-state index >= 15 is 0 Å². The van der Waals surface area contributed by atoms with Gasteiger partial charge in [-0.1, -0.05) is 61.9 Å². The summed E-state index contributed by atoms with van der Waals surface area (Å²) in [5.74, 6) is 0.605. The molecule has 6 heteroatoms. The maximum Gasteiger partial charge on any atom is 0.271 e. The van der Waals surface area contributed by atoms with Crippen LogP contribution in [0.4, 0.5) is 0 Å². The summed E-state index contributed by atoms with van der Waals surface area (Å²) >= 11 is 0. The molecule has 6 nitrogen and oxygen atoms in total. The highest BCUT2D eigenvalue weighted by Crippen LogP contribution is 2.35. The summed E-state index contributed by atoms with van der Waals surface area (Å²) in [4.78, 5) is 29.5. The number of carbonyl (C=O) groups excluding carboxylic acids is 2. The van der Waals surface area contributed by atoms with Gasteiger partial charge in [0.2, 0.25) is 5.91 Å². The maximum atomic E-state index is 13.9. The molecule has 0 saturated heterocycles. The van der Waals surface area contributed by atoms with Crippen molar-refractivity contribution in [2.45, 2.75) is 90.4 Å². The molecule has 180 valence electrons. The Kier molecular flexibility index (Phi) is 6.00. The Morgan fingerprint density at radius 3 is 2.44 bits per heavy atom. The molecule has 0 unspecified atom stereocenters. The third kappa shape index (κ3) is 4.15. The van der Waals surface area contributed by atoms with Crippen LogP contribution in [0.1, 0.15) is 79.2 Å². The highest BCUT2D eigenvalue weighted by atomic mass is 16.3. The van der Waals surface area contributed by atoms with E-state index in [0.29, 0.717) is 24.4 Å². The van der Waals surface area contributed by atoms with Gasteiger partial charge in [-0.25, -0.2) is 0 Å². The van der Waals surface area contributed by atoms with Crippen molar-refractivity contribution in [3.05, 3.63) is 59.0 Å². The summed E-state index contributed by atoms with van der Waals surface area (Å²) in [6, 6.07) is 12.1. The molecule has 1 saturated carbocycles. The van der Waals surface area contributed by atoms with Gasteiger partial charge in [0.25, 0.3) is 5.91 Å². The smallest absolute Gasteiger partial charge is 0.271 e. The third-order valence-corrected chi connectivity index (χ3v) is 7.63. The van der Waals surface area contributed by atoms with Gasteiger partial charge in [0.05, 0.1) is 12.1 Å². The van der Waals surface area contributed by atoms with E-state index in [1.807, 2.05) is 61.7 Å². The lowest BCUT2D eigenvalue weighted by molar-refractivity contribution is -0.134. The molecule has 3 heterocycles. The monoisotopic (exact) mass is 461 g/mol. The molecule has 2 aliphatic rings. The molecule has 34 heavy (non-hydrogen) atoms. The lowest BCUT2D eigenvalue weighted by Gasteiger charge is -2.44. The van der Waals surface area contributed by atoms with Gasteiger partial charge in [-0.05, 0) is 39.2 Å². The normalized spacial score (nSPS) is 21.9.